The highest BCUT2D eigenvalue weighted by atomic mass is 32.1. The van der Waals surface area contributed by atoms with Gasteiger partial charge in [0.2, 0.25) is 5.13 Å². The fraction of sp³-hybridized carbons (Fsp3) is 0.174. The van der Waals surface area contributed by atoms with Gasteiger partial charge in [0.1, 0.15) is 10.6 Å². The van der Waals surface area contributed by atoms with Crippen molar-refractivity contribution in [3.8, 4) is 22.4 Å². The van der Waals surface area contributed by atoms with E-state index in [0.29, 0.717) is 16.4 Å². The van der Waals surface area contributed by atoms with E-state index in [1.54, 1.807) is 7.05 Å². The minimum atomic E-state index is -0.537. The number of rotatable bonds is 5. The number of nitrogens with one attached hydrogen (secondary N) is 1. The molecule has 2 aromatic heterocycles. The lowest BCUT2D eigenvalue weighted by atomic mass is 9.95. The molecule has 1 amide bonds. The van der Waals surface area contributed by atoms with Crippen molar-refractivity contribution in [3.05, 3.63) is 81.6 Å². The van der Waals surface area contributed by atoms with Gasteiger partial charge in [-0.25, -0.2) is 4.68 Å². The molecule has 7 nitrogen and oxygen atoms in total. The molecule has 31 heavy (non-hydrogen) atoms. The molecule has 0 radical (unpaired) electrons. The Morgan fingerprint density at radius 1 is 0.968 bits per heavy atom. The van der Waals surface area contributed by atoms with Crippen molar-refractivity contribution in [2.75, 3.05) is 5.32 Å². The summed E-state index contributed by atoms with van der Waals surface area (Å²) in [7, 11) is 1.54. The molecule has 1 N–H and O–H groups in total. The Kier molecular flexibility index (Phi) is 5.73. The fourth-order valence-corrected chi connectivity index (χ4v) is 3.95. The lowest BCUT2D eigenvalue weighted by molar-refractivity contribution is 0.102. The standard InChI is InChI=1S/C23H21N5O2S/c1-14(2)21-25-26-23(31-21)24-20(29)18-17(15-10-6-4-7-11-15)19(27-28(3)22(18)30)16-12-8-5-9-13-16/h4-14H,1-3H3,(H,24,26,29). The maximum atomic E-state index is 13.3. The average Bonchev–Trinajstić information content (AvgIpc) is 3.25. The van der Waals surface area contributed by atoms with Gasteiger partial charge in [-0.2, -0.15) is 5.10 Å². The summed E-state index contributed by atoms with van der Waals surface area (Å²) < 4.78 is 1.20. The number of hydrogen-bond acceptors (Lipinski definition) is 6. The van der Waals surface area contributed by atoms with Crippen molar-refractivity contribution in [2.45, 2.75) is 19.8 Å². The van der Waals surface area contributed by atoms with Gasteiger partial charge in [0.15, 0.2) is 0 Å². The van der Waals surface area contributed by atoms with Crippen molar-refractivity contribution in [1.29, 1.82) is 0 Å². The number of carbonyl (C=O) groups excluding carboxylic acids is 1. The number of nitrogens with zero attached hydrogens (tertiary/aromatic N) is 4. The number of aryl methyl sites for hydroxylation is 1. The minimum Gasteiger partial charge on any atom is -0.296 e. The Labute approximate surface area is 183 Å². The van der Waals surface area contributed by atoms with E-state index in [2.05, 4.69) is 20.6 Å². The van der Waals surface area contributed by atoms with Crippen LogP contribution in [0.2, 0.25) is 0 Å². The SMILES string of the molecule is CC(C)c1nnc(NC(=O)c2c(-c3ccccc3)c(-c3ccccc3)nn(C)c2=O)s1. The molecule has 0 unspecified atom stereocenters. The average molecular weight is 432 g/mol. The summed E-state index contributed by atoms with van der Waals surface area (Å²) in [5.41, 5.74) is 2.12. The zero-order valence-electron chi connectivity index (χ0n) is 17.4. The minimum absolute atomic E-state index is 0.0175. The third kappa shape index (κ3) is 4.15. The summed E-state index contributed by atoms with van der Waals surface area (Å²) in [4.78, 5) is 26.4. The monoisotopic (exact) mass is 431 g/mol. The number of amides is 1. The molecule has 0 aliphatic rings. The van der Waals surface area contributed by atoms with Crippen LogP contribution in [-0.2, 0) is 7.05 Å². The zero-order chi connectivity index (χ0) is 22.0. The van der Waals surface area contributed by atoms with Gasteiger partial charge < -0.3 is 0 Å². The summed E-state index contributed by atoms with van der Waals surface area (Å²) >= 11 is 1.30. The third-order valence-electron chi connectivity index (χ3n) is 4.74. The highest BCUT2D eigenvalue weighted by Crippen LogP contribution is 2.32. The topological polar surface area (TPSA) is 89.8 Å². The highest BCUT2D eigenvalue weighted by Gasteiger charge is 2.25. The molecule has 4 aromatic rings. The van der Waals surface area contributed by atoms with Gasteiger partial charge in [-0.1, -0.05) is 85.8 Å². The zero-order valence-corrected chi connectivity index (χ0v) is 18.2. The molecular weight excluding hydrogens is 410 g/mol. The van der Waals surface area contributed by atoms with Crippen LogP contribution >= 0.6 is 11.3 Å². The molecule has 0 saturated heterocycles. The van der Waals surface area contributed by atoms with E-state index in [0.717, 1.165) is 16.1 Å². The molecule has 0 aliphatic carbocycles. The van der Waals surface area contributed by atoms with Crippen molar-refractivity contribution < 1.29 is 4.79 Å². The first kappa shape index (κ1) is 20.6. The molecule has 0 bridgehead atoms. The molecule has 4 rings (SSSR count). The van der Waals surface area contributed by atoms with Crippen LogP contribution in [0.1, 0.15) is 35.1 Å². The lowest BCUT2D eigenvalue weighted by Crippen LogP contribution is -2.31. The van der Waals surface area contributed by atoms with Gasteiger partial charge in [0.05, 0.1) is 5.69 Å². The molecular formula is C23H21N5O2S. The number of aromatic nitrogens is 4. The largest absolute Gasteiger partial charge is 0.296 e. The van der Waals surface area contributed by atoms with E-state index in [1.807, 2.05) is 74.5 Å². The van der Waals surface area contributed by atoms with Crippen LogP contribution in [0.4, 0.5) is 5.13 Å². The second kappa shape index (κ2) is 8.61. The van der Waals surface area contributed by atoms with Crippen LogP contribution in [0.25, 0.3) is 22.4 Å². The maximum absolute atomic E-state index is 13.3. The van der Waals surface area contributed by atoms with Gasteiger partial charge in [-0.3, -0.25) is 14.9 Å². The van der Waals surface area contributed by atoms with E-state index in [1.165, 1.54) is 16.0 Å². The van der Waals surface area contributed by atoms with E-state index in [-0.39, 0.29) is 11.5 Å². The normalized spacial score (nSPS) is 11.0. The second-order valence-electron chi connectivity index (χ2n) is 7.31. The lowest BCUT2D eigenvalue weighted by Gasteiger charge is -2.15. The third-order valence-corrected chi connectivity index (χ3v) is 5.88. The first-order valence-corrected chi connectivity index (χ1v) is 10.6. The molecule has 0 saturated carbocycles. The van der Waals surface area contributed by atoms with E-state index < -0.39 is 11.5 Å². The Balaban J connectivity index is 1.91. The summed E-state index contributed by atoms with van der Waals surface area (Å²) in [6.45, 7) is 4.01. The van der Waals surface area contributed by atoms with Crippen molar-refractivity contribution >= 4 is 22.4 Å². The summed E-state index contributed by atoms with van der Waals surface area (Å²) in [6, 6.07) is 18.8. The van der Waals surface area contributed by atoms with E-state index in [9.17, 15) is 9.59 Å². The molecule has 0 spiro atoms. The Bertz CT molecular complexity index is 1280. The van der Waals surface area contributed by atoms with Crippen LogP contribution < -0.4 is 10.9 Å². The Hall–Kier alpha value is -3.65. The summed E-state index contributed by atoms with van der Waals surface area (Å²) in [5, 5.41) is 16.6. The van der Waals surface area contributed by atoms with Gasteiger partial charge in [-0.15, -0.1) is 10.2 Å². The number of carbonyl (C=O) groups is 1. The van der Waals surface area contributed by atoms with Crippen LogP contribution in [0.5, 0.6) is 0 Å². The predicted octanol–water partition coefficient (Wildman–Crippen LogP) is 4.34. The van der Waals surface area contributed by atoms with Crippen molar-refractivity contribution in [3.63, 3.8) is 0 Å². The molecule has 8 heteroatoms. The number of hydrogen-bond donors (Lipinski definition) is 1. The van der Waals surface area contributed by atoms with Gasteiger partial charge in [0, 0.05) is 24.1 Å². The first-order chi connectivity index (χ1) is 15.0. The van der Waals surface area contributed by atoms with Crippen LogP contribution in [0.15, 0.2) is 65.5 Å². The summed E-state index contributed by atoms with van der Waals surface area (Å²) in [5.74, 6) is -0.341. The van der Waals surface area contributed by atoms with E-state index in [4.69, 9.17) is 0 Å². The number of anilines is 1. The molecule has 2 heterocycles. The molecule has 0 atom stereocenters. The first-order valence-electron chi connectivity index (χ1n) is 9.82. The van der Waals surface area contributed by atoms with Gasteiger partial charge in [-0.05, 0) is 5.56 Å². The second-order valence-corrected chi connectivity index (χ2v) is 8.32. The summed E-state index contributed by atoms with van der Waals surface area (Å²) in [6.07, 6.45) is 0. The van der Waals surface area contributed by atoms with Gasteiger partial charge in [0.25, 0.3) is 11.5 Å². The fourth-order valence-electron chi connectivity index (χ4n) is 3.21. The Morgan fingerprint density at radius 2 is 1.58 bits per heavy atom. The van der Waals surface area contributed by atoms with Crippen molar-refractivity contribution in [1.82, 2.24) is 20.0 Å². The van der Waals surface area contributed by atoms with Crippen molar-refractivity contribution in [2.24, 2.45) is 7.05 Å². The molecule has 156 valence electrons. The van der Waals surface area contributed by atoms with Crippen LogP contribution in [0, 0.1) is 0 Å². The molecule has 0 aliphatic heterocycles. The predicted molar refractivity (Wildman–Crippen MR) is 122 cm³/mol. The van der Waals surface area contributed by atoms with Crippen LogP contribution in [-0.4, -0.2) is 25.9 Å². The Morgan fingerprint density at radius 3 is 2.16 bits per heavy atom. The molecule has 2 aromatic carbocycles. The van der Waals surface area contributed by atoms with E-state index >= 15 is 0 Å². The molecule has 0 fully saturated rings. The quantitative estimate of drug-likeness (QED) is 0.508. The highest BCUT2D eigenvalue weighted by molar-refractivity contribution is 7.15. The van der Waals surface area contributed by atoms with Gasteiger partial charge >= 0.3 is 0 Å². The smallest absolute Gasteiger partial charge is 0.280 e. The maximum Gasteiger partial charge on any atom is 0.280 e. The van der Waals surface area contributed by atoms with Crippen LogP contribution in [0.3, 0.4) is 0 Å². The number of benzene rings is 2.